The normalized spacial score (nSPS) is 12.8. The van der Waals surface area contributed by atoms with Gasteiger partial charge in [-0.25, -0.2) is 4.79 Å². The molecule has 0 saturated heterocycles. The van der Waals surface area contributed by atoms with E-state index in [0.29, 0.717) is 34.5 Å². The second-order valence-electron chi connectivity index (χ2n) is 9.14. The molecule has 0 aliphatic carbocycles. The zero-order chi connectivity index (χ0) is 29.2. The first-order valence-electron chi connectivity index (χ1n) is 12.0. The lowest BCUT2D eigenvalue weighted by atomic mass is 10.1. The van der Waals surface area contributed by atoms with Gasteiger partial charge in [0.1, 0.15) is 18.3 Å². The topological polar surface area (TPSA) is 96.2 Å². The van der Waals surface area contributed by atoms with Gasteiger partial charge < -0.3 is 5.11 Å². The number of rotatable bonds is 3. The van der Waals surface area contributed by atoms with Crippen molar-refractivity contribution in [2.24, 2.45) is 7.05 Å². The van der Waals surface area contributed by atoms with E-state index in [4.69, 9.17) is 0 Å². The van der Waals surface area contributed by atoms with Gasteiger partial charge in [-0.2, -0.15) is 4.57 Å². The third-order valence-corrected chi connectivity index (χ3v) is 8.80. The van der Waals surface area contributed by atoms with Crippen molar-refractivity contribution < 1.29 is 28.6 Å². The summed E-state index contributed by atoms with van der Waals surface area (Å²) in [7, 11) is 1.72. The van der Waals surface area contributed by atoms with Crippen molar-refractivity contribution >= 4 is 104 Å². The Balaban J connectivity index is 1.78. The highest BCUT2D eigenvalue weighted by molar-refractivity contribution is 9.11. The molecule has 0 radical (unpaired) electrons. The largest absolute Gasteiger partial charge is 0.505 e. The molecule has 5 aromatic rings. The van der Waals surface area contributed by atoms with Gasteiger partial charge in [0.25, 0.3) is 17.4 Å². The summed E-state index contributed by atoms with van der Waals surface area (Å²) in [5, 5.41) is 12.0. The molecular formula is C29H16Br4N4O4+2. The summed E-state index contributed by atoms with van der Waals surface area (Å²) in [6.07, 6.45) is 3.20. The summed E-state index contributed by atoms with van der Waals surface area (Å²) >= 11 is 13.9. The molecule has 202 valence electrons. The van der Waals surface area contributed by atoms with Crippen molar-refractivity contribution in [3.63, 3.8) is 0 Å². The van der Waals surface area contributed by atoms with Crippen LogP contribution in [-0.4, -0.2) is 42.5 Å². The lowest BCUT2D eigenvalue weighted by molar-refractivity contribution is -0.676. The van der Waals surface area contributed by atoms with Crippen molar-refractivity contribution in [1.29, 1.82) is 0 Å². The first-order chi connectivity index (χ1) is 19.6. The molecular weight excluding hydrogens is 788 g/mol. The zero-order valence-corrected chi connectivity index (χ0v) is 27.2. The Kier molecular flexibility index (Phi) is 7.13. The number of pyridine rings is 2. The highest BCUT2D eigenvalue weighted by atomic mass is 79.9. The number of carbonyl (C=O) groups is 3. The second kappa shape index (κ2) is 10.5. The predicted octanol–water partition coefficient (Wildman–Crippen LogP) is 6.47. The summed E-state index contributed by atoms with van der Waals surface area (Å²) in [4.78, 5) is 46.9. The maximum Gasteiger partial charge on any atom is 0.490 e. The van der Waals surface area contributed by atoms with E-state index in [1.165, 1.54) is 21.4 Å². The molecule has 8 nitrogen and oxygen atoms in total. The van der Waals surface area contributed by atoms with E-state index >= 15 is 0 Å². The fourth-order valence-corrected chi connectivity index (χ4v) is 7.73. The highest BCUT2D eigenvalue weighted by Crippen LogP contribution is 2.44. The number of carbonyl (C=O) groups excluding carboxylic acids is 3. The number of halogens is 4. The number of hydrogen-bond acceptors (Lipinski definition) is 5. The van der Waals surface area contributed by atoms with Crippen LogP contribution in [0.4, 0.5) is 5.69 Å². The molecule has 1 amide bonds. The van der Waals surface area contributed by atoms with Crippen molar-refractivity contribution in [2.45, 2.75) is 0 Å². The first-order valence-corrected chi connectivity index (χ1v) is 15.2. The van der Waals surface area contributed by atoms with Gasteiger partial charge in [-0.3, -0.25) is 19.1 Å². The van der Waals surface area contributed by atoms with Crippen molar-refractivity contribution in [1.82, 2.24) is 9.55 Å². The lowest BCUT2D eigenvalue weighted by Gasteiger charge is -2.09. The number of benzene rings is 2. The Hall–Kier alpha value is -3.32. The number of nitrogens with zero attached hydrogens (tertiary/aromatic N) is 4. The van der Waals surface area contributed by atoms with Crippen LogP contribution < -0.4 is 4.57 Å². The van der Waals surface area contributed by atoms with E-state index in [0.717, 1.165) is 0 Å². The number of fused-ring (bicyclic) bond motifs is 2. The molecule has 1 aliphatic rings. The minimum absolute atomic E-state index is 0.0836. The van der Waals surface area contributed by atoms with E-state index in [-0.39, 0.29) is 34.1 Å². The Morgan fingerprint density at radius 3 is 2.34 bits per heavy atom. The Morgan fingerprint density at radius 2 is 1.63 bits per heavy atom. The molecule has 0 saturated carbocycles. The number of hydrogen-bond donors (Lipinski definition) is 1. The van der Waals surface area contributed by atoms with Crippen LogP contribution in [-0.2, 0) is 7.05 Å². The molecule has 1 aliphatic heterocycles. The van der Waals surface area contributed by atoms with Gasteiger partial charge in [0.05, 0.1) is 9.99 Å². The van der Waals surface area contributed by atoms with Crippen LogP contribution in [0.5, 0.6) is 5.75 Å². The van der Waals surface area contributed by atoms with Gasteiger partial charge in [-0.1, -0.05) is 37.9 Å². The molecule has 6 rings (SSSR count). The average Bonchev–Trinajstić information content (AvgIpc) is 3.39. The minimum Gasteiger partial charge on any atom is -0.505 e. The molecule has 1 N–H and O–H groups in total. The maximum atomic E-state index is 14.3. The molecule has 0 atom stereocenters. The summed E-state index contributed by atoms with van der Waals surface area (Å²) in [5.41, 5.74) is 0.881. The third-order valence-electron chi connectivity index (χ3n) is 6.68. The summed E-state index contributed by atoms with van der Waals surface area (Å²) in [6.45, 7) is 0. The van der Waals surface area contributed by atoms with Gasteiger partial charge in [-0.15, -0.1) is 4.58 Å². The fraction of sp³-hybridized carbons (Fsp3) is 0.0345. The highest BCUT2D eigenvalue weighted by Gasteiger charge is 2.50. The monoisotopic (exact) mass is 800 g/mol. The number of aromatic nitrogens is 3. The van der Waals surface area contributed by atoms with Crippen LogP contribution in [0.2, 0.25) is 0 Å². The van der Waals surface area contributed by atoms with E-state index < -0.39 is 17.6 Å². The van der Waals surface area contributed by atoms with Crippen LogP contribution in [0.25, 0.3) is 10.9 Å². The Labute approximate surface area is 266 Å². The molecule has 0 spiro atoms. The number of Topliss-reactive ketones (excluding diaryl/α,β-unsaturated/α-hetero) is 1. The van der Waals surface area contributed by atoms with Crippen LogP contribution >= 0.6 is 63.7 Å². The van der Waals surface area contributed by atoms with E-state index in [9.17, 15) is 19.5 Å². The van der Waals surface area contributed by atoms with Gasteiger partial charge in [-0.05, 0) is 74.3 Å². The standard InChI is InChI=1S/C29H15Br4N4O4/c1-35-9-5-3-7-21(35)29(41)37-23-17(11-15(31)13-19(23)33)27(39)25(37)24-26(38)16-10-14(30)12-18(32)22(16)36(24)28(40)20-6-2-4-8-34-20/h2-13H,1H3/q+1/p+1. The average molecular weight is 804 g/mol. The molecule has 41 heavy (non-hydrogen) atoms. The predicted molar refractivity (Wildman–Crippen MR) is 165 cm³/mol. The van der Waals surface area contributed by atoms with Crippen molar-refractivity contribution in [3.05, 3.63) is 114 Å². The van der Waals surface area contributed by atoms with E-state index in [2.05, 4.69) is 68.7 Å². The number of ketones is 1. The summed E-state index contributed by atoms with van der Waals surface area (Å²) < 4.78 is 6.31. The van der Waals surface area contributed by atoms with Crippen LogP contribution in [0, 0.1) is 0 Å². The number of aryl methyl sites for hydroxylation is 1. The van der Waals surface area contributed by atoms with Gasteiger partial charge >= 0.3 is 11.6 Å². The smallest absolute Gasteiger partial charge is 0.490 e. The SMILES string of the molecule is C[n+]1ccccc1C(=O)[N+]1=C(c2c(O)c3cc(Br)cc(Br)c3n2C(=O)c2ccccn2)C(=O)c2cc(Br)cc(Br)c21. The quantitative estimate of drug-likeness (QED) is 0.211. The van der Waals surface area contributed by atoms with Gasteiger partial charge in [0.2, 0.25) is 5.69 Å². The third kappa shape index (κ3) is 4.44. The molecule has 4 heterocycles. The molecule has 0 bridgehead atoms. The Morgan fingerprint density at radius 1 is 0.927 bits per heavy atom. The maximum absolute atomic E-state index is 14.3. The number of amides is 1. The fourth-order valence-electron chi connectivity index (χ4n) is 4.93. The Bertz CT molecular complexity index is 2020. The van der Waals surface area contributed by atoms with Crippen molar-refractivity contribution in [3.8, 4) is 5.75 Å². The molecule has 0 fully saturated rings. The van der Waals surface area contributed by atoms with Crippen molar-refractivity contribution in [2.75, 3.05) is 0 Å². The van der Waals surface area contributed by atoms with Crippen LogP contribution in [0.15, 0.2) is 90.9 Å². The molecule has 2 aromatic carbocycles. The second-order valence-corrected chi connectivity index (χ2v) is 12.7. The molecule has 0 unspecified atom stereocenters. The summed E-state index contributed by atoms with van der Waals surface area (Å²) in [6, 6.07) is 16.7. The molecule has 12 heteroatoms. The van der Waals surface area contributed by atoms with Crippen LogP contribution in [0.1, 0.15) is 37.0 Å². The minimum atomic E-state index is -0.594. The first kappa shape index (κ1) is 27.8. The summed E-state index contributed by atoms with van der Waals surface area (Å²) in [5.74, 6) is -2.01. The number of aromatic hydroxyl groups is 1. The lowest BCUT2D eigenvalue weighted by Crippen LogP contribution is -2.39. The van der Waals surface area contributed by atoms with Crippen LogP contribution in [0.3, 0.4) is 0 Å². The van der Waals surface area contributed by atoms with E-state index in [1.807, 2.05) is 0 Å². The van der Waals surface area contributed by atoms with E-state index in [1.54, 1.807) is 72.4 Å². The zero-order valence-electron chi connectivity index (χ0n) is 20.9. The molecule has 3 aromatic heterocycles. The van der Waals surface area contributed by atoms with Gasteiger partial charge in [0.15, 0.2) is 17.6 Å². The van der Waals surface area contributed by atoms with Gasteiger partial charge in [0, 0.05) is 37.1 Å².